The summed E-state index contributed by atoms with van der Waals surface area (Å²) in [5, 5.41) is 3.16. The molecule has 0 aromatic carbocycles. The van der Waals surface area contributed by atoms with Crippen LogP contribution in [0.5, 0.6) is 0 Å². The predicted octanol–water partition coefficient (Wildman–Crippen LogP) is 4.45. The Morgan fingerprint density at radius 1 is 1.06 bits per heavy atom. The molecule has 0 aliphatic carbocycles. The highest BCUT2D eigenvalue weighted by Gasteiger charge is 2.32. The van der Waals surface area contributed by atoms with Gasteiger partial charge in [0.1, 0.15) is 5.69 Å². The smallest absolute Gasteiger partial charge is 0.382 e. The molecule has 198 valence electrons. The molecular formula is C26H37F3N6O. The van der Waals surface area contributed by atoms with Gasteiger partial charge in [-0.2, -0.15) is 13.2 Å². The number of nitrogens with zero attached hydrogens (tertiary/aromatic N) is 5. The molecule has 0 atom stereocenters. The van der Waals surface area contributed by atoms with E-state index in [1.54, 1.807) is 6.07 Å². The maximum atomic E-state index is 12.9. The highest BCUT2D eigenvalue weighted by atomic mass is 19.4. The minimum absolute atomic E-state index is 0. The van der Waals surface area contributed by atoms with E-state index in [0.717, 1.165) is 56.6 Å². The van der Waals surface area contributed by atoms with Crippen LogP contribution in [0.25, 0.3) is 0 Å². The third kappa shape index (κ3) is 7.56. The van der Waals surface area contributed by atoms with Crippen LogP contribution in [0.2, 0.25) is 0 Å². The SMILES string of the molecule is C.Cc1ccc(N2CCN(CCCC(=O)N3CCC(Nc4ccnc(C(F)(F)F)c4)CC3)CC2)cn1. The van der Waals surface area contributed by atoms with Gasteiger partial charge in [-0.3, -0.25) is 19.7 Å². The van der Waals surface area contributed by atoms with Crippen molar-refractivity contribution in [2.45, 2.75) is 52.3 Å². The van der Waals surface area contributed by atoms with E-state index in [1.165, 1.54) is 6.20 Å². The van der Waals surface area contributed by atoms with Gasteiger partial charge < -0.3 is 15.1 Å². The van der Waals surface area contributed by atoms with Gasteiger partial charge in [0.25, 0.3) is 0 Å². The standard InChI is InChI=1S/C25H33F3N6O.CH4/c1-19-4-5-22(18-30-19)33-15-13-32(14-16-33)10-2-3-24(35)34-11-7-20(8-12-34)31-21-6-9-29-23(17-21)25(26,27)28;/h4-6,9,17-18,20H,2-3,7-8,10-16H2,1H3,(H,29,31);1H4. The maximum Gasteiger partial charge on any atom is 0.433 e. The van der Waals surface area contributed by atoms with Crippen LogP contribution in [-0.4, -0.2) is 77.5 Å². The van der Waals surface area contributed by atoms with E-state index >= 15 is 0 Å². The molecular weight excluding hydrogens is 469 g/mol. The molecule has 0 bridgehead atoms. The summed E-state index contributed by atoms with van der Waals surface area (Å²) in [6.07, 6.45) is 1.43. The molecule has 0 saturated carbocycles. The minimum atomic E-state index is -4.46. The predicted molar refractivity (Wildman–Crippen MR) is 136 cm³/mol. The van der Waals surface area contributed by atoms with Crippen molar-refractivity contribution < 1.29 is 18.0 Å². The van der Waals surface area contributed by atoms with Gasteiger partial charge in [-0.25, -0.2) is 0 Å². The summed E-state index contributed by atoms with van der Waals surface area (Å²) in [5.74, 6) is 0.163. The summed E-state index contributed by atoms with van der Waals surface area (Å²) in [6.45, 7) is 8.01. The highest BCUT2D eigenvalue weighted by molar-refractivity contribution is 5.76. The topological polar surface area (TPSA) is 64.6 Å². The van der Waals surface area contributed by atoms with Crippen LogP contribution in [0.4, 0.5) is 24.5 Å². The monoisotopic (exact) mass is 506 g/mol. The molecule has 0 unspecified atom stereocenters. The Kier molecular flexibility index (Phi) is 9.53. The molecule has 36 heavy (non-hydrogen) atoms. The number of pyridine rings is 2. The number of alkyl halides is 3. The second kappa shape index (κ2) is 12.4. The van der Waals surface area contributed by atoms with Gasteiger partial charge in [-0.1, -0.05) is 7.43 Å². The number of aromatic nitrogens is 2. The summed E-state index contributed by atoms with van der Waals surface area (Å²) in [7, 11) is 0. The molecule has 0 spiro atoms. The van der Waals surface area contributed by atoms with E-state index in [9.17, 15) is 18.0 Å². The van der Waals surface area contributed by atoms with Crippen molar-refractivity contribution in [2.24, 2.45) is 0 Å². The number of carbonyl (C=O) groups excluding carboxylic acids is 1. The van der Waals surface area contributed by atoms with E-state index in [1.807, 2.05) is 24.1 Å². The van der Waals surface area contributed by atoms with Crippen molar-refractivity contribution in [1.82, 2.24) is 19.8 Å². The Bertz CT molecular complexity index is 968. The molecule has 10 heteroatoms. The van der Waals surface area contributed by atoms with E-state index < -0.39 is 11.9 Å². The molecule has 4 rings (SSSR count). The summed E-state index contributed by atoms with van der Waals surface area (Å²) in [5.41, 5.74) is 1.69. The van der Waals surface area contributed by atoms with Crippen LogP contribution in [0.3, 0.4) is 0 Å². The van der Waals surface area contributed by atoms with Gasteiger partial charge in [-0.05, 0) is 57.0 Å². The lowest BCUT2D eigenvalue weighted by Gasteiger charge is -2.36. The molecule has 2 saturated heterocycles. The Morgan fingerprint density at radius 2 is 1.78 bits per heavy atom. The molecule has 2 aliphatic heterocycles. The molecule has 2 aliphatic rings. The minimum Gasteiger partial charge on any atom is -0.382 e. The number of halogens is 3. The van der Waals surface area contributed by atoms with Crippen molar-refractivity contribution in [3.8, 4) is 0 Å². The van der Waals surface area contributed by atoms with Crippen LogP contribution < -0.4 is 10.2 Å². The number of likely N-dealkylation sites (tertiary alicyclic amines) is 1. The number of nitrogens with one attached hydrogen (secondary N) is 1. The van der Waals surface area contributed by atoms with Crippen LogP contribution in [0, 0.1) is 6.92 Å². The first kappa shape index (κ1) is 27.7. The molecule has 1 amide bonds. The van der Waals surface area contributed by atoms with E-state index in [0.29, 0.717) is 38.0 Å². The van der Waals surface area contributed by atoms with Gasteiger partial charge in [-0.15, -0.1) is 0 Å². The first-order valence-electron chi connectivity index (χ1n) is 12.3. The molecule has 1 N–H and O–H groups in total. The number of hydrogen-bond donors (Lipinski definition) is 1. The molecule has 4 heterocycles. The lowest BCUT2D eigenvalue weighted by Crippen LogP contribution is -2.47. The highest BCUT2D eigenvalue weighted by Crippen LogP contribution is 2.29. The van der Waals surface area contributed by atoms with Gasteiger partial charge in [0.2, 0.25) is 5.91 Å². The first-order valence-corrected chi connectivity index (χ1v) is 12.3. The van der Waals surface area contributed by atoms with Gasteiger partial charge >= 0.3 is 6.18 Å². The molecule has 0 radical (unpaired) electrons. The second-order valence-corrected chi connectivity index (χ2v) is 9.32. The number of amides is 1. The van der Waals surface area contributed by atoms with Crippen LogP contribution in [0.1, 0.15) is 44.5 Å². The maximum absolute atomic E-state index is 12.9. The summed E-state index contributed by atoms with van der Waals surface area (Å²) < 4.78 is 38.6. The summed E-state index contributed by atoms with van der Waals surface area (Å²) in [6, 6.07) is 6.78. The fourth-order valence-corrected chi connectivity index (χ4v) is 4.67. The van der Waals surface area contributed by atoms with E-state index in [-0.39, 0.29) is 19.4 Å². The number of aryl methyl sites for hydroxylation is 1. The van der Waals surface area contributed by atoms with E-state index in [2.05, 4.69) is 31.2 Å². The average Bonchev–Trinajstić information content (AvgIpc) is 2.85. The number of carbonyl (C=O) groups is 1. The van der Waals surface area contributed by atoms with Crippen molar-refractivity contribution >= 4 is 17.3 Å². The third-order valence-electron chi connectivity index (χ3n) is 6.77. The zero-order valence-electron chi connectivity index (χ0n) is 20.1. The first-order chi connectivity index (χ1) is 16.8. The molecule has 2 fully saturated rings. The van der Waals surface area contributed by atoms with Gasteiger partial charge in [0.15, 0.2) is 0 Å². The largest absolute Gasteiger partial charge is 0.433 e. The number of hydrogen-bond acceptors (Lipinski definition) is 6. The zero-order valence-corrected chi connectivity index (χ0v) is 20.1. The Morgan fingerprint density at radius 3 is 2.42 bits per heavy atom. The van der Waals surface area contributed by atoms with Crippen LogP contribution in [0.15, 0.2) is 36.7 Å². The van der Waals surface area contributed by atoms with Crippen molar-refractivity contribution in [3.05, 3.63) is 48.0 Å². The van der Waals surface area contributed by atoms with Crippen LogP contribution >= 0.6 is 0 Å². The van der Waals surface area contributed by atoms with Gasteiger partial charge in [0, 0.05) is 69.3 Å². The van der Waals surface area contributed by atoms with E-state index in [4.69, 9.17) is 0 Å². The number of piperazine rings is 1. The van der Waals surface area contributed by atoms with Crippen molar-refractivity contribution in [1.29, 1.82) is 0 Å². The molecule has 7 nitrogen and oxygen atoms in total. The van der Waals surface area contributed by atoms with Crippen molar-refractivity contribution in [3.63, 3.8) is 0 Å². The summed E-state index contributed by atoms with van der Waals surface area (Å²) >= 11 is 0. The third-order valence-corrected chi connectivity index (χ3v) is 6.77. The Hall–Kier alpha value is -2.88. The Balaban J connectivity index is 0.00000361. The fourth-order valence-electron chi connectivity index (χ4n) is 4.67. The lowest BCUT2D eigenvalue weighted by molar-refractivity contribution is -0.141. The van der Waals surface area contributed by atoms with Crippen molar-refractivity contribution in [2.75, 3.05) is 56.0 Å². The number of anilines is 2. The fraction of sp³-hybridized carbons (Fsp3) is 0.577. The Labute approximate surface area is 211 Å². The summed E-state index contributed by atoms with van der Waals surface area (Å²) in [4.78, 5) is 27.1. The lowest BCUT2D eigenvalue weighted by atomic mass is 10.0. The second-order valence-electron chi connectivity index (χ2n) is 9.32. The normalized spacial score (nSPS) is 17.6. The number of rotatable bonds is 7. The molecule has 2 aromatic heterocycles. The number of piperidine rings is 1. The quantitative estimate of drug-likeness (QED) is 0.599. The average molecular weight is 507 g/mol. The zero-order chi connectivity index (χ0) is 24.8. The van der Waals surface area contributed by atoms with Gasteiger partial charge in [0.05, 0.1) is 11.9 Å². The molecule has 2 aromatic rings. The van der Waals surface area contributed by atoms with Crippen LogP contribution in [-0.2, 0) is 11.0 Å².